The molecule has 0 radical (unpaired) electrons. The van der Waals surface area contributed by atoms with Crippen LogP contribution in [0.2, 0.25) is 0 Å². The maximum absolute atomic E-state index is 5.07. The molecule has 0 atom stereocenters. The molecule has 0 aromatic rings. The fourth-order valence-corrected chi connectivity index (χ4v) is 0.465. The number of rotatable bonds is 5. The van der Waals surface area contributed by atoms with Gasteiger partial charge in [0.05, 0.1) is 6.61 Å². The zero-order chi connectivity index (χ0) is 6.24. The zero-order valence-electron chi connectivity index (χ0n) is 5.74. The predicted molar refractivity (Wildman–Crippen MR) is 35.0 cm³/mol. The molecule has 0 saturated carbocycles. The summed E-state index contributed by atoms with van der Waals surface area (Å²) in [6.45, 7) is 7.77. The van der Waals surface area contributed by atoms with Crippen LogP contribution in [0.25, 0.3) is 0 Å². The summed E-state index contributed by atoms with van der Waals surface area (Å²) in [6.07, 6.45) is 0. The van der Waals surface area contributed by atoms with E-state index in [1.807, 2.05) is 6.92 Å². The minimum absolute atomic E-state index is 0.825. The second-order valence-corrected chi connectivity index (χ2v) is 1.55. The van der Waals surface area contributed by atoms with Gasteiger partial charge in [-0.15, -0.1) is 0 Å². The van der Waals surface area contributed by atoms with E-state index in [2.05, 4.69) is 12.2 Å². The van der Waals surface area contributed by atoms with Gasteiger partial charge in [-0.1, -0.05) is 6.92 Å². The van der Waals surface area contributed by atoms with Gasteiger partial charge in [0.2, 0.25) is 0 Å². The topological polar surface area (TPSA) is 21.3 Å². The van der Waals surface area contributed by atoms with Crippen molar-refractivity contribution in [3.63, 3.8) is 0 Å². The smallest absolute Gasteiger partial charge is 0.0590 e. The van der Waals surface area contributed by atoms with Gasteiger partial charge in [-0.3, -0.25) is 0 Å². The number of ether oxygens (including phenoxy) is 1. The normalized spacial score (nSPS) is 9.75. The van der Waals surface area contributed by atoms with E-state index in [0.29, 0.717) is 0 Å². The summed E-state index contributed by atoms with van der Waals surface area (Å²) in [5.74, 6) is 0. The standard InChI is InChI=1S/C6H15NO/c1-3-7-5-6-8-4-2/h7H,3-6H2,1-2H3. The van der Waals surface area contributed by atoms with Crippen LogP contribution in [0.3, 0.4) is 0 Å². The zero-order valence-corrected chi connectivity index (χ0v) is 5.74. The van der Waals surface area contributed by atoms with Crippen LogP contribution in [0, 0.1) is 0 Å². The minimum atomic E-state index is 0.825. The Labute approximate surface area is 51.2 Å². The monoisotopic (exact) mass is 117 g/mol. The Balaban J connectivity index is 2.53. The average Bonchev–Trinajstić information content (AvgIpc) is 1.81. The first-order valence-electron chi connectivity index (χ1n) is 3.20. The third-order valence-corrected chi connectivity index (χ3v) is 0.877. The number of hydrogen-bond donors (Lipinski definition) is 1. The van der Waals surface area contributed by atoms with Gasteiger partial charge in [-0.05, 0) is 13.5 Å². The van der Waals surface area contributed by atoms with Gasteiger partial charge in [-0.2, -0.15) is 0 Å². The quantitative estimate of drug-likeness (QED) is 0.533. The van der Waals surface area contributed by atoms with Crippen molar-refractivity contribution in [2.45, 2.75) is 13.8 Å². The van der Waals surface area contributed by atoms with E-state index in [1.165, 1.54) is 0 Å². The Morgan fingerprint density at radius 1 is 1.38 bits per heavy atom. The van der Waals surface area contributed by atoms with E-state index in [0.717, 1.165) is 26.3 Å². The maximum Gasteiger partial charge on any atom is 0.0590 e. The molecule has 0 rings (SSSR count). The van der Waals surface area contributed by atoms with Crippen LogP contribution in [0.4, 0.5) is 0 Å². The van der Waals surface area contributed by atoms with Gasteiger partial charge in [-0.25, -0.2) is 0 Å². The van der Waals surface area contributed by atoms with Crippen molar-refractivity contribution in [2.75, 3.05) is 26.3 Å². The second-order valence-electron chi connectivity index (χ2n) is 1.55. The first-order valence-corrected chi connectivity index (χ1v) is 3.20. The molecule has 0 heterocycles. The molecule has 0 aromatic carbocycles. The molecule has 0 aliphatic rings. The number of hydrogen-bond acceptors (Lipinski definition) is 2. The minimum Gasteiger partial charge on any atom is -0.380 e. The van der Waals surface area contributed by atoms with E-state index in [-0.39, 0.29) is 0 Å². The van der Waals surface area contributed by atoms with E-state index >= 15 is 0 Å². The van der Waals surface area contributed by atoms with Crippen molar-refractivity contribution in [2.24, 2.45) is 0 Å². The Bertz CT molecular complexity index is 33.5. The molecule has 0 amide bonds. The first-order chi connectivity index (χ1) is 3.91. The van der Waals surface area contributed by atoms with Gasteiger partial charge in [0.25, 0.3) is 0 Å². The molecule has 0 aliphatic heterocycles. The summed E-state index contributed by atoms with van der Waals surface area (Å²) in [5, 5.41) is 3.16. The highest BCUT2D eigenvalue weighted by Crippen LogP contribution is 1.68. The van der Waals surface area contributed by atoms with Crippen LogP contribution >= 0.6 is 0 Å². The molecular weight excluding hydrogens is 102 g/mol. The molecule has 8 heavy (non-hydrogen) atoms. The molecule has 0 fully saturated rings. The number of nitrogens with one attached hydrogen (secondary N) is 1. The summed E-state index contributed by atoms with van der Waals surface area (Å²) in [6, 6.07) is 0. The first kappa shape index (κ1) is 7.92. The highest BCUT2D eigenvalue weighted by atomic mass is 16.5. The van der Waals surface area contributed by atoms with Crippen LogP contribution in [0.15, 0.2) is 0 Å². The lowest BCUT2D eigenvalue weighted by molar-refractivity contribution is 0.149. The van der Waals surface area contributed by atoms with Crippen molar-refractivity contribution in [1.82, 2.24) is 5.32 Å². The van der Waals surface area contributed by atoms with Gasteiger partial charge >= 0.3 is 0 Å². The number of likely N-dealkylation sites (N-methyl/N-ethyl adjacent to an activating group) is 1. The molecule has 0 aliphatic carbocycles. The van der Waals surface area contributed by atoms with Crippen molar-refractivity contribution in [3.05, 3.63) is 0 Å². The Morgan fingerprint density at radius 3 is 2.62 bits per heavy atom. The molecule has 1 N–H and O–H groups in total. The lowest BCUT2D eigenvalue weighted by Gasteiger charge is -1.99. The summed E-state index contributed by atoms with van der Waals surface area (Å²) in [5.41, 5.74) is 0. The highest BCUT2D eigenvalue weighted by molar-refractivity contribution is 4.38. The molecule has 0 saturated heterocycles. The van der Waals surface area contributed by atoms with E-state index in [4.69, 9.17) is 4.74 Å². The third kappa shape index (κ3) is 5.92. The van der Waals surface area contributed by atoms with E-state index < -0.39 is 0 Å². The molecular formula is C6H15NO. The second kappa shape index (κ2) is 6.92. The van der Waals surface area contributed by atoms with E-state index in [1.54, 1.807) is 0 Å². The summed E-state index contributed by atoms with van der Waals surface area (Å²) in [7, 11) is 0. The van der Waals surface area contributed by atoms with Gasteiger partial charge in [0.15, 0.2) is 0 Å². The SMILES string of the molecule is CCNCCOCC. The average molecular weight is 117 g/mol. The fraction of sp³-hybridized carbons (Fsp3) is 1.00. The highest BCUT2D eigenvalue weighted by Gasteiger charge is 1.80. The maximum atomic E-state index is 5.07. The predicted octanol–water partition coefficient (Wildman–Crippen LogP) is 0.632. The van der Waals surface area contributed by atoms with Crippen LogP contribution in [0.1, 0.15) is 13.8 Å². The molecule has 2 heteroatoms. The van der Waals surface area contributed by atoms with Crippen LogP contribution in [-0.4, -0.2) is 26.3 Å². The molecule has 0 unspecified atom stereocenters. The molecule has 50 valence electrons. The molecule has 0 aromatic heterocycles. The van der Waals surface area contributed by atoms with Crippen LogP contribution < -0.4 is 5.32 Å². The Hall–Kier alpha value is -0.0800. The van der Waals surface area contributed by atoms with Crippen LogP contribution in [0.5, 0.6) is 0 Å². The molecule has 0 bridgehead atoms. The molecule has 2 nitrogen and oxygen atoms in total. The third-order valence-electron chi connectivity index (χ3n) is 0.877. The van der Waals surface area contributed by atoms with Gasteiger partial charge in [0, 0.05) is 13.2 Å². The summed E-state index contributed by atoms with van der Waals surface area (Å²) < 4.78 is 5.07. The van der Waals surface area contributed by atoms with E-state index in [9.17, 15) is 0 Å². The largest absolute Gasteiger partial charge is 0.380 e. The fourth-order valence-electron chi connectivity index (χ4n) is 0.465. The lowest BCUT2D eigenvalue weighted by atomic mass is 10.6. The lowest BCUT2D eigenvalue weighted by Crippen LogP contribution is -2.18. The van der Waals surface area contributed by atoms with Crippen molar-refractivity contribution < 1.29 is 4.74 Å². The Morgan fingerprint density at radius 2 is 2.12 bits per heavy atom. The summed E-state index contributed by atoms with van der Waals surface area (Å²) in [4.78, 5) is 0. The van der Waals surface area contributed by atoms with Crippen molar-refractivity contribution >= 4 is 0 Å². The van der Waals surface area contributed by atoms with Gasteiger partial charge < -0.3 is 10.1 Å². The Kier molecular flexibility index (Phi) is 6.85. The van der Waals surface area contributed by atoms with Gasteiger partial charge in [0.1, 0.15) is 0 Å². The van der Waals surface area contributed by atoms with Crippen molar-refractivity contribution in [3.8, 4) is 0 Å². The van der Waals surface area contributed by atoms with Crippen molar-refractivity contribution in [1.29, 1.82) is 0 Å². The molecule has 0 spiro atoms. The van der Waals surface area contributed by atoms with Crippen LogP contribution in [-0.2, 0) is 4.74 Å². The summed E-state index contributed by atoms with van der Waals surface area (Å²) >= 11 is 0.